The van der Waals surface area contributed by atoms with Gasteiger partial charge in [0.1, 0.15) is 5.56 Å². The maximum atomic E-state index is 12.4. The summed E-state index contributed by atoms with van der Waals surface area (Å²) in [6, 6.07) is 6.23. The fourth-order valence-electron chi connectivity index (χ4n) is 2.32. The summed E-state index contributed by atoms with van der Waals surface area (Å²) >= 11 is 5.18. The molecule has 2 rings (SSSR count). The van der Waals surface area contributed by atoms with Gasteiger partial charge in [0, 0.05) is 13.1 Å². The smallest absolute Gasteiger partial charge is 0.276 e. The molecule has 0 radical (unpaired) electrons. The van der Waals surface area contributed by atoms with Gasteiger partial charge in [-0.3, -0.25) is 13.9 Å². The van der Waals surface area contributed by atoms with E-state index in [0.29, 0.717) is 13.1 Å². The quantitative estimate of drug-likeness (QED) is 0.440. The summed E-state index contributed by atoms with van der Waals surface area (Å²) in [5.74, 6) is -0.356. The Labute approximate surface area is 156 Å². The number of aromatic nitrogens is 2. The number of hydrogen-bond acceptors (Lipinski definition) is 6. The fourth-order valence-corrected chi connectivity index (χ4v) is 3.54. The van der Waals surface area contributed by atoms with Crippen molar-refractivity contribution in [1.29, 1.82) is 0 Å². The van der Waals surface area contributed by atoms with Gasteiger partial charge in [-0.15, -0.1) is 0 Å². The Morgan fingerprint density at radius 3 is 2.31 bits per heavy atom. The molecule has 2 aromatic rings. The molecule has 1 aromatic carbocycles. The van der Waals surface area contributed by atoms with Crippen LogP contribution >= 0.6 is 12.2 Å². The minimum Gasteiger partial charge on any atom is -0.494 e. The molecule has 2 N–H and O–H groups in total. The molecule has 1 aromatic heterocycles. The van der Waals surface area contributed by atoms with Crippen molar-refractivity contribution in [2.24, 2.45) is 5.10 Å². The summed E-state index contributed by atoms with van der Waals surface area (Å²) in [6.07, 6.45) is 0.983. The second-order valence-corrected chi connectivity index (χ2v) is 7.51. The van der Waals surface area contributed by atoms with E-state index in [0.717, 1.165) is 11.8 Å². The predicted octanol–water partition coefficient (Wildman–Crippen LogP) is 1.75. The summed E-state index contributed by atoms with van der Waals surface area (Å²) in [4.78, 5) is 14.5. The van der Waals surface area contributed by atoms with Crippen LogP contribution in [0.25, 0.3) is 0 Å². The molecule has 0 aliphatic rings. The van der Waals surface area contributed by atoms with Crippen LogP contribution in [0.15, 0.2) is 39.1 Å². The molecule has 0 bridgehead atoms. The van der Waals surface area contributed by atoms with Gasteiger partial charge in [0.05, 0.1) is 11.1 Å². The summed E-state index contributed by atoms with van der Waals surface area (Å²) in [6.45, 7) is 6.01. The van der Waals surface area contributed by atoms with E-state index in [9.17, 15) is 18.3 Å². The number of rotatable bonds is 6. The first-order chi connectivity index (χ1) is 12.2. The number of nitrogens with one attached hydrogen (secondary N) is 1. The van der Waals surface area contributed by atoms with Crippen LogP contribution in [-0.4, -0.2) is 28.9 Å². The number of aromatic hydroxyl groups is 1. The summed E-state index contributed by atoms with van der Waals surface area (Å²) < 4.78 is 27.3. The number of hydrazone groups is 1. The minimum absolute atomic E-state index is 0.0416. The van der Waals surface area contributed by atoms with Gasteiger partial charge in [-0.05, 0) is 45.1 Å². The van der Waals surface area contributed by atoms with E-state index in [4.69, 9.17) is 12.2 Å². The van der Waals surface area contributed by atoms with Gasteiger partial charge in [-0.25, -0.2) is 4.83 Å². The lowest BCUT2D eigenvalue weighted by atomic mass is 10.2. The Balaban J connectivity index is 2.41. The van der Waals surface area contributed by atoms with Crippen molar-refractivity contribution in [1.82, 2.24) is 14.0 Å². The molecule has 0 atom stereocenters. The number of nitrogens with zero attached hydrogens (tertiary/aromatic N) is 3. The Morgan fingerprint density at radius 2 is 1.77 bits per heavy atom. The van der Waals surface area contributed by atoms with Crippen LogP contribution in [0, 0.1) is 11.7 Å². The molecule has 0 saturated carbocycles. The average molecular weight is 396 g/mol. The molecule has 26 heavy (non-hydrogen) atoms. The highest BCUT2D eigenvalue weighted by Gasteiger charge is 2.15. The normalized spacial score (nSPS) is 11.8. The van der Waals surface area contributed by atoms with Crippen molar-refractivity contribution in [2.45, 2.75) is 38.8 Å². The molecule has 0 aliphatic carbocycles. The topological polar surface area (TPSA) is 106 Å². The lowest BCUT2D eigenvalue weighted by Crippen LogP contribution is -2.28. The molecular formula is C16H20N4O4S2. The van der Waals surface area contributed by atoms with Gasteiger partial charge in [0.15, 0.2) is 4.77 Å². The van der Waals surface area contributed by atoms with Crippen molar-refractivity contribution in [2.75, 3.05) is 0 Å². The Hall–Kier alpha value is -2.46. The summed E-state index contributed by atoms with van der Waals surface area (Å²) in [5, 5.41) is 13.9. The fraction of sp³-hybridized carbons (Fsp3) is 0.312. The van der Waals surface area contributed by atoms with Crippen LogP contribution < -0.4 is 10.4 Å². The second kappa shape index (κ2) is 7.83. The average Bonchev–Trinajstić information content (AvgIpc) is 2.59. The van der Waals surface area contributed by atoms with E-state index in [1.165, 1.54) is 21.3 Å². The van der Waals surface area contributed by atoms with Crippen LogP contribution in [0.4, 0.5) is 0 Å². The van der Waals surface area contributed by atoms with Crippen molar-refractivity contribution < 1.29 is 13.5 Å². The van der Waals surface area contributed by atoms with Gasteiger partial charge in [0.25, 0.3) is 15.6 Å². The SMILES string of the molecule is CCn1c(O)c(/C=N/NS(=O)(=O)c2ccc(C)cc2)c(=O)n(CC)c1=S. The highest BCUT2D eigenvalue weighted by Crippen LogP contribution is 2.13. The molecule has 0 spiro atoms. The van der Waals surface area contributed by atoms with E-state index >= 15 is 0 Å². The van der Waals surface area contributed by atoms with Crippen molar-refractivity contribution in [3.8, 4) is 5.88 Å². The first-order valence-electron chi connectivity index (χ1n) is 7.91. The van der Waals surface area contributed by atoms with Crippen molar-refractivity contribution in [3.05, 3.63) is 50.5 Å². The zero-order chi connectivity index (χ0) is 19.5. The Kier molecular flexibility index (Phi) is 5.98. The van der Waals surface area contributed by atoms with Crippen LogP contribution in [-0.2, 0) is 23.1 Å². The first kappa shape index (κ1) is 19.9. The largest absolute Gasteiger partial charge is 0.494 e. The molecule has 0 fully saturated rings. The molecule has 0 unspecified atom stereocenters. The molecule has 0 saturated heterocycles. The summed E-state index contributed by atoms with van der Waals surface area (Å²) in [5.41, 5.74) is 0.234. The molecule has 0 aliphatic heterocycles. The van der Waals surface area contributed by atoms with Crippen LogP contribution in [0.3, 0.4) is 0 Å². The Bertz CT molecular complexity index is 1050. The van der Waals surface area contributed by atoms with Gasteiger partial charge in [-0.2, -0.15) is 13.5 Å². The van der Waals surface area contributed by atoms with E-state index in [1.807, 2.05) is 11.8 Å². The van der Waals surface area contributed by atoms with Gasteiger partial charge in [0.2, 0.25) is 5.88 Å². The monoisotopic (exact) mass is 396 g/mol. The van der Waals surface area contributed by atoms with Gasteiger partial charge >= 0.3 is 0 Å². The van der Waals surface area contributed by atoms with Crippen LogP contribution in [0.5, 0.6) is 5.88 Å². The molecular weight excluding hydrogens is 376 g/mol. The predicted molar refractivity (Wildman–Crippen MR) is 102 cm³/mol. The minimum atomic E-state index is -3.88. The van der Waals surface area contributed by atoms with Crippen LogP contribution in [0.1, 0.15) is 25.0 Å². The third-order valence-electron chi connectivity index (χ3n) is 3.76. The molecule has 1 heterocycles. The van der Waals surface area contributed by atoms with Gasteiger partial charge < -0.3 is 5.11 Å². The van der Waals surface area contributed by atoms with Crippen molar-refractivity contribution >= 4 is 28.5 Å². The third kappa shape index (κ3) is 3.86. The first-order valence-corrected chi connectivity index (χ1v) is 9.80. The number of sulfonamides is 1. The maximum absolute atomic E-state index is 12.4. The second-order valence-electron chi connectivity index (χ2n) is 5.48. The zero-order valence-electron chi connectivity index (χ0n) is 14.6. The molecule has 10 heteroatoms. The van der Waals surface area contributed by atoms with Crippen molar-refractivity contribution in [3.63, 3.8) is 0 Å². The summed E-state index contributed by atoms with van der Waals surface area (Å²) in [7, 11) is -3.88. The van der Waals surface area contributed by atoms with E-state index < -0.39 is 15.6 Å². The highest BCUT2D eigenvalue weighted by molar-refractivity contribution is 7.89. The number of aryl methyl sites for hydroxylation is 1. The molecule has 8 nitrogen and oxygen atoms in total. The van der Waals surface area contributed by atoms with E-state index in [1.54, 1.807) is 26.0 Å². The molecule has 0 amide bonds. The molecule has 140 valence electrons. The lowest BCUT2D eigenvalue weighted by Gasteiger charge is -2.13. The highest BCUT2D eigenvalue weighted by atomic mass is 32.2. The van der Waals surface area contributed by atoms with Gasteiger partial charge in [-0.1, -0.05) is 17.7 Å². The van der Waals surface area contributed by atoms with E-state index in [2.05, 4.69) is 5.10 Å². The standard InChI is InChI=1S/C16H20N4O4S2/c1-4-19-14(21)13(15(22)20(5-2)16(19)25)10-17-18-26(23,24)12-8-6-11(3)7-9-12/h6-10,18,21H,4-5H2,1-3H3/b17-10+. The number of hydrogen-bond donors (Lipinski definition) is 2. The number of benzene rings is 1. The Morgan fingerprint density at radius 1 is 1.19 bits per heavy atom. The zero-order valence-corrected chi connectivity index (χ0v) is 16.3. The maximum Gasteiger partial charge on any atom is 0.276 e. The van der Waals surface area contributed by atoms with Crippen LogP contribution in [0.2, 0.25) is 0 Å². The lowest BCUT2D eigenvalue weighted by molar-refractivity contribution is 0.399. The third-order valence-corrected chi connectivity index (χ3v) is 5.44. The van der Waals surface area contributed by atoms with E-state index in [-0.39, 0.29) is 21.1 Å².